The van der Waals surface area contributed by atoms with Gasteiger partial charge in [-0.1, -0.05) is 35.9 Å². The first kappa shape index (κ1) is 22.5. The Morgan fingerprint density at radius 3 is 2.58 bits per heavy atom. The van der Waals surface area contributed by atoms with Crippen LogP contribution in [-0.2, 0) is 11.4 Å². The Morgan fingerprint density at radius 2 is 1.94 bits per heavy atom. The molecule has 0 bridgehead atoms. The van der Waals surface area contributed by atoms with Crippen molar-refractivity contribution < 1.29 is 13.9 Å². The summed E-state index contributed by atoms with van der Waals surface area (Å²) in [6, 6.07) is 18.3. The van der Waals surface area contributed by atoms with Crippen LogP contribution in [0.3, 0.4) is 0 Å². The van der Waals surface area contributed by atoms with Gasteiger partial charge in [-0.05, 0) is 82.0 Å². The molecule has 0 spiro atoms. The lowest BCUT2D eigenvalue weighted by Crippen LogP contribution is -2.13. The highest BCUT2D eigenvalue weighted by atomic mass is 79.9. The first-order chi connectivity index (χ1) is 14.9. The van der Waals surface area contributed by atoms with Gasteiger partial charge in [0.05, 0.1) is 4.47 Å². The number of nitrogens with zero attached hydrogens (tertiary/aromatic N) is 1. The minimum absolute atomic E-state index is 0.0522. The maximum atomic E-state index is 13.0. The van der Waals surface area contributed by atoms with E-state index in [1.807, 2.05) is 13.0 Å². The fourth-order valence-corrected chi connectivity index (χ4v) is 3.34. The van der Waals surface area contributed by atoms with Gasteiger partial charge in [0.15, 0.2) is 0 Å². The Hall–Kier alpha value is -3.14. The number of nitriles is 1. The van der Waals surface area contributed by atoms with Gasteiger partial charge in [-0.2, -0.15) is 5.26 Å². The summed E-state index contributed by atoms with van der Waals surface area (Å²) in [5.74, 6) is -0.252. The van der Waals surface area contributed by atoms with Gasteiger partial charge in [0.1, 0.15) is 29.8 Å². The molecule has 0 radical (unpaired) electrons. The third-order valence-corrected chi connectivity index (χ3v) is 5.40. The maximum absolute atomic E-state index is 13.0. The molecule has 0 aliphatic heterocycles. The van der Waals surface area contributed by atoms with Crippen LogP contribution in [0, 0.1) is 24.1 Å². The highest BCUT2D eigenvalue weighted by Gasteiger charge is 2.11. The van der Waals surface area contributed by atoms with Crippen LogP contribution in [0.4, 0.5) is 10.1 Å². The van der Waals surface area contributed by atoms with Crippen molar-refractivity contribution in [3.8, 4) is 11.8 Å². The van der Waals surface area contributed by atoms with Crippen molar-refractivity contribution in [1.29, 1.82) is 5.26 Å². The van der Waals surface area contributed by atoms with Crippen molar-refractivity contribution in [2.75, 3.05) is 5.32 Å². The molecule has 1 N–H and O–H groups in total. The predicted octanol–water partition coefficient (Wildman–Crippen LogP) is 6.67. The van der Waals surface area contributed by atoms with Gasteiger partial charge in [0.25, 0.3) is 5.91 Å². The molecule has 0 aliphatic carbocycles. The third kappa shape index (κ3) is 6.17. The summed E-state index contributed by atoms with van der Waals surface area (Å²) in [6.45, 7) is 2.14. The van der Waals surface area contributed by atoms with Crippen molar-refractivity contribution in [2.45, 2.75) is 13.5 Å². The number of hydrogen-bond donors (Lipinski definition) is 1. The second-order valence-corrected chi connectivity index (χ2v) is 7.95. The molecule has 156 valence electrons. The second kappa shape index (κ2) is 10.3. The molecule has 31 heavy (non-hydrogen) atoms. The number of carbonyl (C=O) groups is 1. The Bertz CT molecular complexity index is 1190. The van der Waals surface area contributed by atoms with Gasteiger partial charge < -0.3 is 10.1 Å². The fourth-order valence-electron chi connectivity index (χ4n) is 2.65. The quantitative estimate of drug-likeness (QED) is 0.304. The minimum atomic E-state index is -0.532. The van der Waals surface area contributed by atoms with Crippen LogP contribution in [0.25, 0.3) is 6.08 Å². The Balaban J connectivity index is 1.70. The lowest BCUT2D eigenvalue weighted by atomic mass is 10.1. The molecule has 3 rings (SSSR count). The van der Waals surface area contributed by atoms with Crippen molar-refractivity contribution in [1.82, 2.24) is 0 Å². The summed E-state index contributed by atoms with van der Waals surface area (Å²) >= 11 is 9.52. The monoisotopic (exact) mass is 498 g/mol. The summed E-state index contributed by atoms with van der Waals surface area (Å²) in [5.41, 5.74) is 2.82. The van der Waals surface area contributed by atoms with Crippen molar-refractivity contribution in [3.05, 3.63) is 98.2 Å². The third-order valence-electron chi connectivity index (χ3n) is 4.37. The molecule has 0 atom stereocenters. The summed E-state index contributed by atoms with van der Waals surface area (Å²) in [7, 11) is 0. The van der Waals surface area contributed by atoms with Gasteiger partial charge in [-0.25, -0.2) is 4.39 Å². The molecule has 0 heterocycles. The minimum Gasteiger partial charge on any atom is -0.488 e. The molecule has 3 aromatic rings. The standard InChI is InChI=1S/C24H17BrClFN2O2/c1-15-2-8-20(12-22(15)26)29-24(30)18(13-28)10-17-5-9-23(21(25)11-17)31-14-16-3-6-19(27)7-4-16/h2-12H,14H2,1H3,(H,29,30)/b18-10+. The number of halogens is 3. The van der Waals surface area contributed by atoms with E-state index in [4.69, 9.17) is 16.3 Å². The molecule has 0 unspecified atom stereocenters. The summed E-state index contributed by atoms with van der Waals surface area (Å²) in [4.78, 5) is 12.5. The number of ether oxygens (including phenoxy) is 1. The molecule has 1 amide bonds. The van der Waals surface area contributed by atoms with E-state index in [9.17, 15) is 14.4 Å². The first-order valence-corrected chi connectivity index (χ1v) is 10.4. The maximum Gasteiger partial charge on any atom is 0.266 e. The number of hydrogen-bond acceptors (Lipinski definition) is 3. The zero-order chi connectivity index (χ0) is 22.4. The van der Waals surface area contributed by atoms with Crippen LogP contribution < -0.4 is 10.1 Å². The molecule has 7 heteroatoms. The second-order valence-electron chi connectivity index (χ2n) is 6.69. The van der Waals surface area contributed by atoms with Crippen LogP contribution >= 0.6 is 27.5 Å². The zero-order valence-electron chi connectivity index (χ0n) is 16.5. The van der Waals surface area contributed by atoms with E-state index in [1.54, 1.807) is 48.5 Å². The lowest BCUT2D eigenvalue weighted by molar-refractivity contribution is -0.112. The van der Waals surface area contributed by atoms with Crippen molar-refractivity contribution >= 4 is 45.2 Å². The first-order valence-electron chi connectivity index (χ1n) is 9.22. The number of nitrogens with one attached hydrogen (secondary N) is 1. The number of carbonyl (C=O) groups excluding carboxylic acids is 1. The van der Waals surface area contributed by atoms with Crippen molar-refractivity contribution in [3.63, 3.8) is 0 Å². The molecule has 0 aliphatic rings. The average Bonchev–Trinajstić information content (AvgIpc) is 2.75. The van der Waals surface area contributed by atoms with E-state index in [0.29, 0.717) is 26.5 Å². The zero-order valence-corrected chi connectivity index (χ0v) is 18.8. The molecule has 0 fully saturated rings. The van der Waals surface area contributed by atoms with Gasteiger partial charge in [-0.3, -0.25) is 4.79 Å². The van der Waals surface area contributed by atoms with Gasteiger partial charge in [-0.15, -0.1) is 0 Å². The predicted molar refractivity (Wildman–Crippen MR) is 123 cm³/mol. The Morgan fingerprint density at radius 1 is 1.19 bits per heavy atom. The highest BCUT2D eigenvalue weighted by molar-refractivity contribution is 9.10. The highest BCUT2D eigenvalue weighted by Crippen LogP contribution is 2.28. The molecular formula is C24H17BrClFN2O2. The summed E-state index contributed by atoms with van der Waals surface area (Å²) in [6.07, 6.45) is 1.49. The Kier molecular flexibility index (Phi) is 7.45. The largest absolute Gasteiger partial charge is 0.488 e. The van der Waals surface area contributed by atoms with Crippen LogP contribution in [0.2, 0.25) is 5.02 Å². The van der Waals surface area contributed by atoms with E-state index < -0.39 is 5.91 Å². The summed E-state index contributed by atoms with van der Waals surface area (Å²) in [5, 5.41) is 12.6. The van der Waals surface area contributed by atoms with Gasteiger partial charge >= 0.3 is 0 Å². The smallest absolute Gasteiger partial charge is 0.266 e. The van der Waals surface area contributed by atoms with E-state index in [-0.39, 0.29) is 18.0 Å². The number of anilines is 1. The fraction of sp³-hybridized carbons (Fsp3) is 0.0833. The number of aryl methyl sites for hydroxylation is 1. The SMILES string of the molecule is Cc1ccc(NC(=O)/C(C#N)=C/c2ccc(OCc3ccc(F)cc3)c(Br)c2)cc1Cl. The molecule has 0 aromatic heterocycles. The molecule has 3 aromatic carbocycles. The molecule has 0 saturated carbocycles. The van der Waals surface area contributed by atoms with E-state index in [0.717, 1.165) is 11.1 Å². The normalized spacial score (nSPS) is 11.0. The number of benzene rings is 3. The topological polar surface area (TPSA) is 62.1 Å². The van der Waals surface area contributed by atoms with Gasteiger partial charge in [0, 0.05) is 10.7 Å². The lowest BCUT2D eigenvalue weighted by Gasteiger charge is -2.09. The van der Waals surface area contributed by atoms with Crippen LogP contribution in [0.5, 0.6) is 5.75 Å². The van der Waals surface area contributed by atoms with E-state index in [1.165, 1.54) is 18.2 Å². The van der Waals surface area contributed by atoms with Crippen LogP contribution in [0.1, 0.15) is 16.7 Å². The van der Waals surface area contributed by atoms with Crippen LogP contribution in [-0.4, -0.2) is 5.91 Å². The molecular weight excluding hydrogens is 483 g/mol. The van der Waals surface area contributed by atoms with Gasteiger partial charge in [0.2, 0.25) is 0 Å². The number of rotatable bonds is 6. The molecule has 0 saturated heterocycles. The Labute approximate surface area is 193 Å². The average molecular weight is 500 g/mol. The van der Waals surface area contributed by atoms with Crippen LogP contribution in [0.15, 0.2) is 70.7 Å². The van der Waals surface area contributed by atoms with E-state index in [2.05, 4.69) is 21.2 Å². The van der Waals surface area contributed by atoms with E-state index >= 15 is 0 Å². The summed E-state index contributed by atoms with van der Waals surface area (Å²) < 4.78 is 19.4. The van der Waals surface area contributed by atoms with Crippen molar-refractivity contribution in [2.24, 2.45) is 0 Å². The number of amides is 1. The molecule has 4 nitrogen and oxygen atoms in total.